The number of hydrogen-bond acceptors (Lipinski definition) is 10. The molecule has 3 rings (SSSR count). The molecule has 1 heterocycles. The maximum atomic E-state index is 12.4. The number of ether oxygens (including phenoxy) is 3. The average Bonchev–Trinajstić information content (AvgIpc) is 3.19. The molecule has 11 nitrogen and oxygen atoms in total. The highest BCUT2D eigenvalue weighted by Crippen LogP contribution is 2.26. The minimum atomic E-state index is -0.249. The zero-order chi connectivity index (χ0) is 23.8. The van der Waals surface area contributed by atoms with E-state index in [1.54, 1.807) is 39.5 Å². The minimum absolute atomic E-state index is 0.0724. The quantitative estimate of drug-likeness (QED) is 0.176. The van der Waals surface area contributed by atoms with E-state index < -0.39 is 0 Å². The van der Waals surface area contributed by atoms with Gasteiger partial charge in [-0.2, -0.15) is 5.10 Å². The van der Waals surface area contributed by atoms with Crippen molar-refractivity contribution in [2.24, 2.45) is 5.10 Å². The molecule has 0 radical (unpaired) electrons. The third kappa shape index (κ3) is 6.29. The lowest BCUT2D eigenvalue weighted by Crippen LogP contribution is -2.17. The standard InChI is InChI=1S/C21H25N7O4S/c1-13(14-5-7-16(30-2)8-6-14)24-25-20-26-27-21(28(20)22)33-12-19(29)23-15-9-17(31-3)11-18(10-15)32-4/h5-11H,12,22H2,1-4H3,(H,23,29)(H,25,26)/b24-13+. The second-order valence-corrected chi connectivity index (χ2v) is 7.59. The fraction of sp³-hybridized carbons (Fsp3) is 0.238. The number of aromatic nitrogens is 3. The van der Waals surface area contributed by atoms with Gasteiger partial charge in [0, 0.05) is 23.9 Å². The summed E-state index contributed by atoms with van der Waals surface area (Å²) in [4.78, 5) is 12.4. The number of nitrogens with one attached hydrogen (secondary N) is 2. The highest BCUT2D eigenvalue weighted by Gasteiger charge is 2.13. The van der Waals surface area contributed by atoms with Gasteiger partial charge in [0.25, 0.3) is 5.95 Å². The Morgan fingerprint density at radius 3 is 2.27 bits per heavy atom. The lowest BCUT2D eigenvalue weighted by Gasteiger charge is -2.09. The largest absolute Gasteiger partial charge is 0.497 e. The summed E-state index contributed by atoms with van der Waals surface area (Å²) >= 11 is 1.14. The van der Waals surface area contributed by atoms with Crippen molar-refractivity contribution < 1.29 is 19.0 Å². The summed E-state index contributed by atoms with van der Waals surface area (Å²) in [5, 5.41) is 15.4. The Kier molecular flexibility index (Phi) is 7.97. The van der Waals surface area contributed by atoms with Crippen LogP contribution >= 0.6 is 11.8 Å². The Morgan fingerprint density at radius 2 is 1.67 bits per heavy atom. The van der Waals surface area contributed by atoms with E-state index in [9.17, 15) is 4.79 Å². The van der Waals surface area contributed by atoms with E-state index >= 15 is 0 Å². The molecule has 4 N–H and O–H groups in total. The Bertz CT molecular complexity index is 1110. The molecule has 0 saturated carbocycles. The van der Waals surface area contributed by atoms with Gasteiger partial charge in [-0.05, 0) is 36.8 Å². The van der Waals surface area contributed by atoms with E-state index in [-0.39, 0.29) is 17.6 Å². The van der Waals surface area contributed by atoms with Crippen molar-refractivity contribution in [3.63, 3.8) is 0 Å². The highest BCUT2D eigenvalue weighted by molar-refractivity contribution is 7.99. The maximum Gasteiger partial charge on any atom is 0.264 e. The van der Waals surface area contributed by atoms with Crippen LogP contribution in [0.1, 0.15) is 12.5 Å². The second kappa shape index (κ2) is 11.1. The lowest BCUT2D eigenvalue weighted by atomic mass is 10.1. The number of nitrogen functional groups attached to an aromatic ring is 1. The molecule has 0 aliphatic carbocycles. The number of hydrazone groups is 1. The van der Waals surface area contributed by atoms with Gasteiger partial charge >= 0.3 is 0 Å². The van der Waals surface area contributed by atoms with E-state index in [1.807, 2.05) is 31.2 Å². The predicted molar refractivity (Wildman–Crippen MR) is 128 cm³/mol. The summed E-state index contributed by atoms with van der Waals surface area (Å²) in [6.07, 6.45) is 0. The number of benzene rings is 2. The summed E-state index contributed by atoms with van der Waals surface area (Å²) in [7, 11) is 4.69. The van der Waals surface area contributed by atoms with Crippen LogP contribution in [-0.2, 0) is 4.79 Å². The molecule has 0 atom stereocenters. The van der Waals surface area contributed by atoms with Gasteiger partial charge in [-0.3, -0.25) is 4.79 Å². The summed E-state index contributed by atoms with van der Waals surface area (Å²) in [5.74, 6) is 8.00. The number of rotatable bonds is 10. The Hall–Kier alpha value is -3.93. The second-order valence-electron chi connectivity index (χ2n) is 6.65. The number of hydrogen-bond donors (Lipinski definition) is 3. The molecule has 3 aromatic rings. The number of carbonyl (C=O) groups is 1. The van der Waals surface area contributed by atoms with Crippen LogP contribution in [0.15, 0.2) is 52.7 Å². The normalized spacial score (nSPS) is 11.1. The van der Waals surface area contributed by atoms with Gasteiger partial charge < -0.3 is 25.4 Å². The van der Waals surface area contributed by atoms with Gasteiger partial charge in [0.15, 0.2) is 0 Å². The Morgan fingerprint density at radius 1 is 1.03 bits per heavy atom. The van der Waals surface area contributed by atoms with Crippen LogP contribution in [0.2, 0.25) is 0 Å². The number of amides is 1. The van der Waals surface area contributed by atoms with E-state index in [1.165, 1.54) is 4.68 Å². The molecule has 0 spiro atoms. The first-order valence-corrected chi connectivity index (χ1v) is 10.7. The monoisotopic (exact) mass is 471 g/mol. The number of carbonyl (C=O) groups excluding carboxylic acids is 1. The molecule has 0 fully saturated rings. The van der Waals surface area contributed by atoms with Crippen LogP contribution in [0.25, 0.3) is 0 Å². The van der Waals surface area contributed by atoms with Crippen molar-refractivity contribution in [1.29, 1.82) is 0 Å². The van der Waals surface area contributed by atoms with Crippen molar-refractivity contribution in [2.45, 2.75) is 12.1 Å². The number of nitrogens with two attached hydrogens (primary N) is 1. The average molecular weight is 472 g/mol. The van der Waals surface area contributed by atoms with Crippen molar-refractivity contribution in [3.05, 3.63) is 48.0 Å². The van der Waals surface area contributed by atoms with E-state index in [4.69, 9.17) is 20.1 Å². The third-order valence-electron chi connectivity index (χ3n) is 4.46. The van der Waals surface area contributed by atoms with E-state index in [0.717, 1.165) is 28.8 Å². The summed E-state index contributed by atoms with van der Waals surface area (Å²) in [6.45, 7) is 1.85. The molecule has 33 heavy (non-hydrogen) atoms. The molecule has 1 amide bonds. The maximum absolute atomic E-state index is 12.4. The SMILES string of the molecule is COc1ccc(/C(C)=N/Nc2nnc(SCC(=O)Nc3cc(OC)cc(OC)c3)n2N)cc1. The molecular formula is C21H25N7O4S. The fourth-order valence-electron chi connectivity index (χ4n) is 2.69. The van der Waals surface area contributed by atoms with Gasteiger partial charge in [0.2, 0.25) is 11.1 Å². The number of methoxy groups -OCH3 is 3. The Balaban J connectivity index is 1.57. The van der Waals surface area contributed by atoms with Crippen molar-refractivity contribution in [1.82, 2.24) is 14.9 Å². The number of nitrogens with zero attached hydrogens (tertiary/aromatic N) is 4. The fourth-order valence-corrected chi connectivity index (χ4v) is 3.35. The van der Waals surface area contributed by atoms with Gasteiger partial charge in [-0.1, -0.05) is 11.8 Å². The molecule has 0 saturated heterocycles. The topological polar surface area (TPSA) is 138 Å². The summed E-state index contributed by atoms with van der Waals surface area (Å²) in [5.41, 5.74) is 4.98. The zero-order valence-corrected chi connectivity index (χ0v) is 19.5. The lowest BCUT2D eigenvalue weighted by molar-refractivity contribution is -0.113. The molecule has 12 heteroatoms. The van der Waals surface area contributed by atoms with Crippen molar-refractivity contribution in [3.8, 4) is 17.2 Å². The molecule has 0 aliphatic heterocycles. The van der Waals surface area contributed by atoms with Crippen LogP contribution in [0.4, 0.5) is 11.6 Å². The van der Waals surface area contributed by atoms with Crippen LogP contribution in [-0.4, -0.2) is 53.6 Å². The van der Waals surface area contributed by atoms with Gasteiger partial charge in [0.05, 0.1) is 32.8 Å². The summed E-state index contributed by atoms with van der Waals surface area (Å²) in [6, 6.07) is 12.6. The molecular weight excluding hydrogens is 446 g/mol. The first-order valence-electron chi connectivity index (χ1n) is 9.74. The van der Waals surface area contributed by atoms with Gasteiger partial charge in [-0.25, -0.2) is 10.1 Å². The molecule has 0 aliphatic rings. The van der Waals surface area contributed by atoms with E-state index in [0.29, 0.717) is 22.3 Å². The minimum Gasteiger partial charge on any atom is -0.497 e. The highest BCUT2D eigenvalue weighted by atomic mass is 32.2. The predicted octanol–water partition coefficient (Wildman–Crippen LogP) is 2.58. The van der Waals surface area contributed by atoms with Crippen LogP contribution in [0.3, 0.4) is 0 Å². The van der Waals surface area contributed by atoms with Gasteiger partial charge in [0.1, 0.15) is 17.2 Å². The molecule has 0 unspecified atom stereocenters. The van der Waals surface area contributed by atoms with E-state index in [2.05, 4.69) is 26.0 Å². The van der Waals surface area contributed by atoms with Gasteiger partial charge in [-0.15, -0.1) is 10.2 Å². The van der Waals surface area contributed by atoms with Crippen LogP contribution < -0.4 is 30.8 Å². The zero-order valence-electron chi connectivity index (χ0n) is 18.7. The molecule has 2 aromatic carbocycles. The molecule has 174 valence electrons. The third-order valence-corrected chi connectivity index (χ3v) is 5.41. The van der Waals surface area contributed by atoms with Crippen LogP contribution in [0, 0.1) is 0 Å². The first-order chi connectivity index (χ1) is 15.9. The Labute approximate surface area is 195 Å². The smallest absolute Gasteiger partial charge is 0.264 e. The summed E-state index contributed by atoms with van der Waals surface area (Å²) < 4.78 is 16.8. The molecule has 0 bridgehead atoms. The first kappa shape index (κ1) is 23.7. The van der Waals surface area contributed by atoms with Crippen LogP contribution in [0.5, 0.6) is 17.2 Å². The number of thioether (sulfide) groups is 1. The molecule has 1 aromatic heterocycles. The van der Waals surface area contributed by atoms with Crippen molar-refractivity contribution in [2.75, 3.05) is 43.7 Å². The van der Waals surface area contributed by atoms with Crippen molar-refractivity contribution >= 4 is 35.0 Å². The number of anilines is 2.